The number of anilines is 2. The van der Waals surface area contributed by atoms with Crippen LogP contribution < -0.4 is 10.6 Å². The Morgan fingerprint density at radius 2 is 1.70 bits per heavy atom. The van der Waals surface area contributed by atoms with Gasteiger partial charge in [-0.05, 0) is 27.9 Å². The van der Waals surface area contributed by atoms with Crippen LogP contribution in [0.2, 0.25) is 0 Å². The van der Waals surface area contributed by atoms with E-state index in [4.69, 9.17) is 0 Å². The number of nitrogens with zero attached hydrogens (tertiary/aromatic N) is 3. The van der Waals surface area contributed by atoms with Crippen molar-refractivity contribution in [2.75, 3.05) is 38.3 Å². The third kappa shape index (κ3) is 4.22. The maximum Gasteiger partial charge on any atom is 0.451 e. The van der Waals surface area contributed by atoms with Crippen LogP contribution in [0.5, 0.6) is 0 Å². The molecular formula is C12H20F3N5. The summed E-state index contributed by atoms with van der Waals surface area (Å²) in [6.07, 6.45) is -4.57. The van der Waals surface area contributed by atoms with Gasteiger partial charge in [0.1, 0.15) is 11.6 Å². The maximum absolute atomic E-state index is 12.7. The van der Waals surface area contributed by atoms with Gasteiger partial charge in [0.25, 0.3) is 0 Å². The first-order valence-corrected chi connectivity index (χ1v) is 6.11. The van der Waals surface area contributed by atoms with E-state index in [1.807, 2.05) is 32.8 Å². The van der Waals surface area contributed by atoms with E-state index >= 15 is 0 Å². The van der Waals surface area contributed by atoms with Gasteiger partial charge in [-0.3, -0.25) is 0 Å². The first-order valence-electron chi connectivity index (χ1n) is 6.11. The van der Waals surface area contributed by atoms with Crippen molar-refractivity contribution < 1.29 is 13.2 Å². The molecule has 0 aromatic carbocycles. The third-order valence-electron chi connectivity index (χ3n) is 3.15. The Morgan fingerprint density at radius 1 is 1.15 bits per heavy atom. The standard InChI is InChI=1S/C12H20F3N5/c1-11(2,20(4)5)7-17-9-6-8(16-3)18-10(19-9)12(13,14)15/h6H,7H2,1-5H3,(H2,16,17,18,19). The van der Waals surface area contributed by atoms with E-state index in [2.05, 4.69) is 20.6 Å². The molecule has 8 heteroatoms. The fourth-order valence-corrected chi connectivity index (χ4v) is 1.26. The molecule has 0 unspecified atom stereocenters. The lowest BCUT2D eigenvalue weighted by atomic mass is 10.0. The van der Waals surface area contributed by atoms with E-state index in [-0.39, 0.29) is 17.2 Å². The van der Waals surface area contributed by atoms with Gasteiger partial charge in [0, 0.05) is 25.2 Å². The summed E-state index contributed by atoms with van der Waals surface area (Å²) in [5, 5.41) is 5.52. The number of nitrogens with one attached hydrogen (secondary N) is 2. The van der Waals surface area contributed by atoms with Gasteiger partial charge >= 0.3 is 6.18 Å². The minimum absolute atomic E-state index is 0.123. The second-order valence-corrected chi connectivity index (χ2v) is 5.27. The first-order chi connectivity index (χ1) is 9.06. The van der Waals surface area contributed by atoms with E-state index in [1.54, 1.807) is 0 Å². The molecule has 1 rings (SSSR count). The Bertz CT molecular complexity index is 457. The largest absolute Gasteiger partial charge is 0.451 e. The van der Waals surface area contributed by atoms with Crippen LogP contribution in [0.15, 0.2) is 6.07 Å². The maximum atomic E-state index is 12.7. The quantitative estimate of drug-likeness (QED) is 0.872. The lowest BCUT2D eigenvalue weighted by Gasteiger charge is -2.32. The van der Waals surface area contributed by atoms with Crippen molar-refractivity contribution in [2.45, 2.75) is 25.6 Å². The van der Waals surface area contributed by atoms with Gasteiger partial charge in [-0.25, -0.2) is 9.97 Å². The van der Waals surface area contributed by atoms with Gasteiger partial charge in [-0.2, -0.15) is 13.2 Å². The highest BCUT2D eigenvalue weighted by Crippen LogP contribution is 2.28. The van der Waals surface area contributed by atoms with Crippen molar-refractivity contribution in [2.24, 2.45) is 0 Å². The fourth-order valence-electron chi connectivity index (χ4n) is 1.26. The summed E-state index contributed by atoms with van der Waals surface area (Å²) in [5.41, 5.74) is -0.219. The van der Waals surface area contributed by atoms with E-state index in [9.17, 15) is 13.2 Å². The molecule has 114 valence electrons. The number of rotatable bonds is 5. The Labute approximate surface area is 116 Å². The predicted octanol–water partition coefficient (Wildman–Crippen LogP) is 2.29. The molecule has 0 radical (unpaired) electrons. The molecular weight excluding hydrogens is 271 g/mol. The smallest absolute Gasteiger partial charge is 0.373 e. The molecule has 0 bridgehead atoms. The Kier molecular flexibility index (Phi) is 4.80. The van der Waals surface area contributed by atoms with E-state index in [1.165, 1.54) is 13.1 Å². The second-order valence-electron chi connectivity index (χ2n) is 5.27. The van der Waals surface area contributed by atoms with Gasteiger partial charge in [0.2, 0.25) is 5.82 Å². The van der Waals surface area contributed by atoms with Gasteiger partial charge in [-0.1, -0.05) is 0 Å². The van der Waals surface area contributed by atoms with Crippen LogP contribution in [0.3, 0.4) is 0 Å². The zero-order valence-corrected chi connectivity index (χ0v) is 12.3. The number of alkyl halides is 3. The summed E-state index contributed by atoms with van der Waals surface area (Å²) >= 11 is 0. The van der Waals surface area contributed by atoms with Gasteiger partial charge in [0.15, 0.2) is 0 Å². The molecule has 0 atom stereocenters. The van der Waals surface area contributed by atoms with Gasteiger partial charge < -0.3 is 15.5 Å². The van der Waals surface area contributed by atoms with Crippen molar-refractivity contribution in [1.29, 1.82) is 0 Å². The second kappa shape index (κ2) is 5.82. The SMILES string of the molecule is CNc1cc(NCC(C)(C)N(C)C)nc(C(F)(F)F)n1. The van der Waals surface area contributed by atoms with Crippen LogP contribution in [0, 0.1) is 0 Å². The summed E-state index contributed by atoms with van der Waals surface area (Å²) < 4.78 is 38.1. The van der Waals surface area contributed by atoms with Crippen LogP contribution in [0.4, 0.5) is 24.8 Å². The predicted molar refractivity (Wildman–Crippen MR) is 72.8 cm³/mol. The molecule has 0 aliphatic rings. The lowest BCUT2D eigenvalue weighted by Crippen LogP contribution is -2.44. The Balaban J connectivity index is 2.96. The highest BCUT2D eigenvalue weighted by atomic mass is 19.4. The topological polar surface area (TPSA) is 53.1 Å². The van der Waals surface area contributed by atoms with E-state index in [0.29, 0.717) is 6.54 Å². The van der Waals surface area contributed by atoms with Gasteiger partial charge in [-0.15, -0.1) is 0 Å². The summed E-state index contributed by atoms with van der Waals surface area (Å²) in [4.78, 5) is 8.89. The highest BCUT2D eigenvalue weighted by Gasteiger charge is 2.35. The third-order valence-corrected chi connectivity index (χ3v) is 3.15. The summed E-state index contributed by atoms with van der Waals surface area (Å²) in [5.74, 6) is -0.890. The molecule has 0 amide bonds. The normalized spacial score (nSPS) is 12.7. The van der Waals surface area contributed by atoms with Crippen LogP contribution in [0.1, 0.15) is 19.7 Å². The Morgan fingerprint density at radius 3 is 2.15 bits per heavy atom. The molecule has 0 saturated carbocycles. The van der Waals surface area contributed by atoms with Crippen molar-refractivity contribution in [3.05, 3.63) is 11.9 Å². The number of halogens is 3. The molecule has 1 aromatic rings. The van der Waals surface area contributed by atoms with Crippen molar-refractivity contribution in [3.8, 4) is 0 Å². The molecule has 0 aliphatic heterocycles. The van der Waals surface area contributed by atoms with Crippen molar-refractivity contribution in [3.63, 3.8) is 0 Å². The summed E-state index contributed by atoms with van der Waals surface area (Å²) in [6, 6.07) is 1.45. The minimum Gasteiger partial charge on any atom is -0.373 e. The van der Waals surface area contributed by atoms with Crippen LogP contribution in [-0.2, 0) is 6.18 Å². The lowest BCUT2D eigenvalue weighted by molar-refractivity contribution is -0.144. The fraction of sp³-hybridized carbons (Fsp3) is 0.667. The van der Waals surface area contributed by atoms with Crippen LogP contribution >= 0.6 is 0 Å². The summed E-state index contributed by atoms with van der Waals surface area (Å²) in [7, 11) is 5.32. The average Bonchev–Trinajstić information content (AvgIpc) is 2.34. The van der Waals surface area contributed by atoms with Crippen LogP contribution in [-0.4, -0.2) is 48.1 Å². The molecule has 1 aromatic heterocycles. The first kappa shape index (κ1) is 16.5. The minimum atomic E-state index is -4.57. The molecule has 0 spiro atoms. The monoisotopic (exact) mass is 291 g/mol. The zero-order valence-electron chi connectivity index (χ0n) is 12.3. The molecule has 20 heavy (non-hydrogen) atoms. The molecule has 2 N–H and O–H groups in total. The van der Waals surface area contributed by atoms with Crippen molar-refractivity contribution >= 4 is 11.6 Å². The number of aromatic nitrogens is 2. The van der Waals surface area contributed by atoms with E-state index in [0.717, 1.165) is 0 Å². The molecule has 1 heterocycles. The number of hydrogen-bond donors (Lipinski definition) is 2. The Hall–Kier alpha value is -1.57. The molecule has 0 aliphatic carbocycles. The highest BCUT2D eigenvalue weighted by molar-refractivity contribution is 5.47. The zero-order chi connectivity index (χ0) is 15.6. The number of hydrogen-bond acceptors (Lipinski definition) is 5. The van der Waals surface area contributed by atoms with Crippen LogP contribution in [0.25, 0.3) is 0 Å². The molecule has 5 nitrogen and oxygen atoms in total. The molecule has 0 saturated heterocycles. The average molecular weight is 291 g/mol. The van der Waals surface area contributed by atoms with Gasteiger partial charge in [0.05, 0.1) is 0 Å². The van der Waals surface area contributed by atoms with E-state index < -0.39 is 12.0 Å². The number of likely N-dealkylation sites (N-methyl/N-ethyl adjacent to an activating group) is 1. The van der Waals surface area contributed by atoms with Crippen molar-refractivity contribution in [1.82, 2.24) is 14.9 Å². The summed E-state index contributed by atoms with van der Waals surface area (Å²) in [6.45, 7) is 4.41. The molecule has 0 fully saturated rings.